The maximum absolute atomic E-state index is 4.46. The third kappa shape index (κ3) is 3.74. The van der Waals surface area contributed by atoms with Crippen LogP contribution in [0.4, 0.5) is 5.82 Å². The van der Waals surface area contributed by atoms with Crippen LogP contribution in [-0.4, -0.2) is 55.7 Å². The van der Waals surface area contributed by atoms with E-state index in [0.717, 1.165) is 30.9 Å². The lowest BCUT2D eigenvalue weighted by Crippen LogP contribution is -2.47. The van der Waals surface area contributed by atoms with Crippen molar-refractivity contribution < 1.29 is 0 Å². The Labute approximate surface area is 128 Å². The summed E-state index contributed by atoms with van der Waals surface area (Å²) in [5.41, 5.74) is 0. The molecule has 4 heteroatoms. The highest BCUT2D eigenvalue weighted by atomic mass is 15.3. The van der Waals surface area contributed by atoms with Gasteiger partial charge >= 0.3 is 0 Å². The molecule has 0 bridgehead atoms. The van der Waals surface area contributed by atoms with Crippen LogP contribution in [0.3, 0.4) is 0 Å². The summed E-state index contributed by atoms with van der Waals surface area (Å²) < 4.78 is 0. The van der Waals surface area contributed by atoms with E-state index in [1.54, 1.807) is 0 Å². The first kappa shape index (κ1) is 14.8. The van der Waals surface area contributed by atoms with E-state index in [0.29, 0.717) is 0 Å². The van der Waals surface area contributed by atoms with Crippen molar-refractivity contribution in [2.75, 3.05) is 44.7 Å². The summed E-state index contributed by atoms with van der Waals surface area (Å²) in [6, 6.07) is 6.94. The maximum atomic E-state index is 4.46. The molecule has 1 saturated carbocycles. The van der Waals surface area contributed by atoms with Gasteiger partial charge in [-0.15, -0.1) is 0 Å². The molecule has 2 atom stereocenters. The van der Waals surface area contributed by atoms with Crippen LogP contribution >= 0.6 is 0 Å². The van der Waals surface area contributed by atoms with Crippen LogP contribution in [0.5, 0.6) is 0 Å². The maximum Gasteiger partial charge on any atom is 0.128 e. The Bertz CT molecular complexity index is 414. The molecule has 1 aromatic heterocycles. The van der Waals surface area contributed by atoms with Crippen LogP contribution in [0.25, 0.3) is 0 Å². The van der Waals surface area contributed by atoms with Crippen LogP contribution in [0, 0.1) is 5.92 Å². The molecule has 0 amide bonds. The molecule has 1 aliphatic heterocycles. The standard InChI is InChI=1S/C17H28N4/c1-18-16-6-4-5-15(16)8-10-20-11-13-21(14-12-20)17-7-2-3-9-19-17/h2-3,7,9,15-16,18H,4-6,8,10-14H2,1H3. The molecule has 0 radical (unpaired) electrons. The Morgan fingerprint density at radius 3 is 2.76 bits per heavy atom. The number of rotatable bonds is 5. The number of aromatic nitrogens is 1. The molecule has 2 heterocycles. The van der Waals surface area contributed by atoms with Crippen molar-refractivity contribution in [2.24, 2.45) is 5.92 Å². The summed E-state index contributed by atoms with van der Waals surface area (Å²) in [5, 5.41) is 3.50. The molecule has 21 heavy (non-hydrogen) atoms. The number of nitrogens with one attached hydrogen (secondary N) is 1. The minimum absolute atomic E-state index is 0.764. The molecular weight excluding hydrogens is 260 g/mol. The molecule has 2 unspecified atom stereocenters. The van der Waals surface area contributed by atoms with Gasteiger partial charge in [-0.25, -0.2) is 4.98 Å². The molecule has 116 valence electrons. The van der Waals surface area contributed by atoms with Crippen molar-refractivity contribution in [1.29, 1.82) is 0 Å². The Balaban J connectivity index is 1.42. The number of nitrogens with zero attached hydrogens (tertiary/aromatic N) is 3. The molecule has 2 aliphatic rings. The van der Waals surface area contributed by atoms with Gasteiger partial charge in [0.05, 0.1) is 0 Å². The Morgan fingerprint density at radius 1 is 1.19 bits per heavy atom. The van der Waals surface area contributed by atoms with Crippen LogP contribution in [0.1, 0.15) is 25.7 Å². The first-order valence-electron chi connectivity index (χ1n) is 8.42. The molecule has 0 spiro atoms. The average Bonchev–Trinajstić information content (AvgIpc) is 3.02. The third-order valence-corrected chi connectivity index (χ3v) is 5.19. The second-order valence-electron chi connectivity index (χ2n) is 6.39. The van der Waals surface area contributed by atoms with E-state index in [9.17, 15) is 0 Å². The Kier molecular flexibility index (Phi) is 5.09. The van der Waals surface area contributed by atoms with Gasteiger partial charge in [0.1, 0.15) is 5.82 Å². The summed E-state index contributed by atoms with van der Waals surface area (Å²) in [4.78, 5) is 9.49. The van der Waals surface area contributed by atoms with Crippen LogP contribution < -0.4 is 10.2 Å². The summed E-state index contributed by atoms with van der Waals surface area (Å²) in [6.07, 6.45) is 7.44. The summed E-state index contributed by atoms with van der Waals surface area (Å²) >= 11 is 0. The smallest absolute Gasteiger partial charge is 0.128 e. The van der Waals surface area contributed by atoms with Crippen molar-refractivity contribution in [3.8, 4) is 0 Å². The predicted molar refractivity (Wildman–Crippen MR) is 87.7 cm³/mol. The predicted octanol–water partition coefficient (Wildman–Crippen LogP) is 1.98. The van der Waals surface area contributed by atoms with Gasteiger partial charge in [-0.2, -0.15) is 0 Å². The van der Waals surface area contributed by atoms with Crippen molar-refractivity contribution >= 4 is 5.82 Å². The number of hydrogen-bond donors (Lipinski definition) is 1. The van der Waals surface area contributed by atoms with E-state index < -0.39 is 0 Å². The van der Waals surface area contributed by atoms with E-state index in [2.05, 4.69) is 39.3 Å². The highest BCUT2D eigenvalue weighted by Crippen LogP contribution is 2.28. The molecule has 0 aromatic carbocycles. The van der Waals surface area contributed by atoms with E-state index in [-0.39, 0.29) is 0 Å². The SMILES string of the molecule is CNC1CCCC1CCN1CCN(c2ccccn2)CC1. The van der Waals surface area contributed by atoms with Gasteiger partial charge in [-0.05, 0) is 50.9 Å². The largest absolute Gasteiger partial charge is 0.354 e. The lowest BCUT2D eigenvalue weighted by atomic mass is 9.99. The van der Waals surface area contributed by atoms with Crippen LogP contribution in [0.15, 0.2) is 24.4 Å². The minimum atomic E-state index is 0.764. The second kappa shape index (κ2) is 7.23. The Morgan fingerprint density at radius 2 is 2.05 bits per heavy atom. The van der Waals surface area contributed by atoms with E-state index >= 15 is 0 Å². The fraction of sp³-hybridized carbons (Fsp3) is 0.706. The number of pyridine rings is 1. The van der Waals surface area contributed by atoms with Crippen molar-refractivity contribution in [2.45, 2.75) is 31.7 Å². The number of anilines is 1. The van der Waals surface area contributed by atoms with Crippen LogP contribution in [0.2, 0.25) is 0 Å². The van der Waals surface area contributed by atoms with E-state index in [1.165, 1.54) is 45.3 Å². The Hall–Kier alpha value is -1.13. The molecule has 3 rings (SSSR count). The summed E-state index contributed by atoms with van der Waals surface area (Å²) in [5.74, 6) is 2.02. The molecule has 1 aliphatic carbocycles. The quantitative estimate of drug-likeness (QED) is 0.898. The summed E-state index contributed by atoms with van der Waals surface area (Å²) in [6.45, 7) is 5.83. The molecule has 1 N–H and O–H groups in total. The normalized spacial score (nSPS) is 27.2. The van der Waals surface area contributed by atoms with Crippen molar-refractivity contribution in [1.82, 2.24) is 15.2 Å². The van der Waals surface area contributed by atoms with Crippen molar-refractivity contribution in [3.63, 3.8) is 0 Å². The second-order valence-corrected chi connectivity index (χ2v) is 6.39. The highest BCUT2D eigenvalue weighted by molar-refractivity contribution is 5.38. The van der Waals surface area contributed by atoms with Gasteiger partial charge in [0.15, 0.2) is 0 Å². The fourth-order valence-electron chi connectivity index (χ4n) is 3.85. The number of hydrogen-bond acceptors (Lipinski definition) is 4. The van der Waals surface area contributed by atoms with Gasteiger partial charge in [-0.1, -0.05) is 12.5 Å². The van der Waals surface area contributed by atoms with Gasteiger partial charge in [0.2, 0.25) is 0 Å². The van der Waals surface area contributed by atoms with Gasteiger partial charge < -0.3 is 10.2 Å². The molecule has 2 fully saturated rings. The van der Waals surface area contributed by atoms with E-state index in [4.69, 9.17) is 0 Å². The van der Waals surface area contributed by atoms with Gasteiger partial charge in [-0.3, -0.25) is 4.90 Å². The molecule has 1 aromatic rings. The number of piperazine rings is 1. The zero-order valence-corrected chi connectivity index (χ0v) is 13.2. The first-order valence-corrected chi connectivity index (χ1v) is 8.42. The molecular formula is C17H28N4. The topological polar surface area (TPSA) is 31.4 Å². The van der Waals surface area contributed by atoms with Gasteiger partial charge in [0, 0.05) is 38.4 Å². The minimum Gasteiger partial charge on any atom is -0.354 e. The monoisotopic (exact) mass is 288 g/mol. The average molecular weight is 288 g/mol. The zero-order chi connectivity index (χ0) is 14.5. The molecule has 1 saturated heterocycles. The lowest BCUT2D eigenvalue weighted by molar-refractivity contribution is 0.230. The van der Waals surface area contributed by atoms with Crippen molar-refractivity contribution in [3.05, 3.63) is 24.4 Å². The van der Waals surface area contributed by atoms with E-state index in [1.807, 2.05) is 12.3 Å². The fourth-order valence-corrected chi connectivity index (χ4v) is 3.85. The first-order chi connectivity index (χ1) is 10.4. The summed E-state index contributed by atoms with van der Waals surface area (Å²) in [7, 11) is 2.12. The zero-order valence-electron chi connectivity index (χ0n) is 13.2. The van der Waals surface area contributed by atoms with Gasteiger partial charge in [0.25, 0.3) is 0 Å². The lowest BCUT2D eigenvalue weighted by Gasteiger charge is -2.36. The highest BCUT2D eigenvalue weighted by Gasteiger charge is 2.26. The molecule has 4 nitrogen and oxygen atoms in total. The third-order valence-electron chi connectivity index (χ3n) is 5.19. The van der Waals surface area contributed by atoms with Crippen LogP contribution in [-0.2, 0) is 0 Å².